The number of halogens is 1. The minimum absolute atomic E-state index is 0.0375. The number of imidazole rings is 1. The molecule has 0 saturated carbocycles. The fraction of sp³-hybridized carbons (Fsp3) is 0.562. The number of aryl methyl sites for hydroxylation is 1. The summed E-state index contributed by atoms with van der Waals surface area (Å²) in [5.41, 5.74) is 3.52. The molecule has 1 heterocycles. The second-order valence-corrected chi connectivity index (χ2v) is 6.58. The van der Waals surface area contributed by atoms with Gasteiger partial charge in [-0.05, 0) is 45.7 Å². The molecule has 1 aromatic carbocycles. The van der Waals surface area contributed by atoms with Gasteiger partial charge in [-0.1, -0.05) is 25.5 Å². The number of aromatic nitrogens is 2. The van der Waals surface area contributed by atoms with Crippen LogP contribution in [0.4, 0.5) is 0 Å². The highest BCUT2D eigenvalue weighted by molar-refractivity contribution is 6.20. The Morgan fingerprint density at radius 3 is 2.63 bits per heavy atom. The molecule has 0 aliphatic carbocycles. The summed E-state index contributed by atoms with van der Waals surface area (Å²) in [6, 6.07) is 6.35. The highest BCUT2D eigenvalue weighted by atomic mass is 35.5. The first kappa shape index (κ1) is 14.4. The van der Waals surface area contributed by atoms with E-state index in [4.69, 9.17) is 16.6 Å². The summed E-state index contributed by atoms with van der Waals surface area (Å²) >= 11 is 6.36. The van der Waals surface area contributed by atoms with Crippen molar-refractivity contribution in [2.45, 2.75) is 58.4 Å². The minimum Gasteiger partial charge on any atom is -0.321 e. The molecule has 0 radical (unpaired) electrons. The molecule has 0 spiro atoms. The number of hydrogen-bond donors (Lipinski definition) is 0. The van der Waals surface area contributed by atoms with E-state index in [1.165, 1.54) is 11.1 Å². The molecule has 1 unspecified atom stereocenters. The van der Waals surface area contributed by atoms with Gasteiger partial charge in [0, 0.05) is 5.54 Å². The topological polar surface area (TPSA) is 17.8 Å². The fourth-order valence-corrected chi connectivity index (χ4v) is 3.03. The van der Waals surface area contributed by atoms with Crippen molar-refractivity contribution in [1.29, 1.82) is 0 Å². The number of nitrogens with zero attached hydrogens (tertiary/aromatic N) is 2. The molecule has 2 aromatic rings. The van der Waals surface area contributed by atoms with E-state index in [-0.39, 0.29) is 10.9 Å². The Morgan fingerprint density at radius 2 is 2.05 bits per heavy atom. The molecule has 104 valence electrons. The Bertz CT molecular complexity index is 582. The maximum absolute atomic E-state index is 6.36. The first-order chi connectivity index (χ1) is 8.88. The maximum atomic E-state index is 6.36. The van der Waals surface area contributed by atoms with E-state index >= 15 is 0 Å². The third-order valence-electron chi connectivity index (χ3n) is 3.74. The molecule has 0 amide bonds. The molecule has 0 bridgehead atoms. The lowest BCUT2D eigenvalue weighted by Gasteiger charge is -2.29. The van der Waals surface area contributed by atoms with Crippen LogP contribution in [0.2, 0.25) is 0 Å². The third kappa shape index (κ3) is 2.51. The van der Waals surface area contributed by atoms with Gasteiger partial charge in [0.25, 0.3) is 0 Å². The van der Waals surface area contributed by atoms with Crippen LogP contribution in [0.5, 0.6) is 0 Å². The van der Waals surface area contributed by atoms with E-state index in [9.17, 15) is 0 Å². The number of fused-ring (bicyclic) bond motifs is 1. The first-order valence-corrected chi connectivity index (χ1v) is 7.44. The Labute approximate surface area is 120 Å². The molecule has 3 heteroatoms. The first-order valence-electron chi connectivity index (χ1n) is 7.01. The van der Waals surface area contributed by atoms with Gasteiger partial charge in [-0.2, -0.15) is 0 Å². The van der Waals surface area contributed by atoms with Crippen LogP contribution in [-0.4, -0.2) is 9.55 Å². The molecule has 0 aliphatic rings. The van der Waals surface area contributed by atoms with Crippen molar-refractivity contribution < 1.29 is 0 Å². The van der Waals surface area contributed by atoms with Gasteiger partial charge in [0.15, 0.2) is 0 Å². The smallest absolute Gasteiger partial charge is 0.128 e. The lowest BCUT2D eigenvalue weighted by atomic mass is 9.97. The maximum Gasteiger partial charge on any atom is 0.128 e. The largest absolute Gasteiger partial charge is 0.321 e. The van der Waals surface area contributed by atoms with Gasteiger partial charge in [-0.25, -0.2) is 4.98 Å². The zero-order chi connectivity index (χ0) is 14.2. The second kappa shape index (κ2) is 5.16. The van der Waals surface area contributed by atoms with Crippen molar-refractivity contribution in [3.8, 4) is 0 Å². The molecule has 0 aliphatic heterocycles. The summed E-state index contributed by atoms with van der Waals surface area (Å²) in [6.07, 6.45) is 2.26. The van der Waals surface area contributed by atoms with Crippen LogP contribution in [0.3, 0.4) is 0 Å². The third-order valence-corrected chi connectivity index (χ3v) is 3.93. The zero-order valence-electron chi connectivity index (χ0n) is 12.5. The average molecular weight is 279 g/mol. The zero-order valence-corrected chi connectivity index (χ0v) is 13.3. The van der Waals surface area contributed by atoms with Gasteiger partial charge in [-0.3, -0.25) is 0 Å². The van der Waals surface area contributed by atoms with Crippen LogP contribution >= 0.6 is 11.6 Å². The van der Waals surface area contributed by atoms with Crippen molar-refractivity contribution in [3.63, 3.8) is 0 Å². The monoisotopic (exact) mass is 278 g/mol. The van der Waals surface area contributed by atoms with Crippen LogP contribution in [-0.2, 0) is 5.54 Å². The lowest BCUT2D eigenvalue weighted by molar-refractivity contribution is 0.323. The summed E-state index contributed by atoms with van der Waals surface area (Å²) in [5, 5.41) is -0.0806. The summed E-state index contributed by atoms with van der Waals surface area (Å²) in [6.45, 7) is 10.9. The number of hydrogen-bond acceptors (Lipinski definition) is 1. The molecule has 1 aromatic heterocycles. The van der Waals surface area contributed by atoms with Crippen molar-refractivity contribution in [2.24, 2.45) is 0 Å². The van der Waals surface area contributed by atoms with Crippen molar-refractivity contribution >= 4 is 22.6 Å². The fourth-order valence-electron chi connectivity index (χ4n) is 2.88. The molecule has 19 heavy (non-hydrogen) atoms. The minimum atomic E-state index is -0.0806. The molecular formula is C16H23ClN2. The average Bonchev–Trinajstić information content (AvgIpc) is 2.70. The quantitative estimate of drug-likeness (QED) is 0.705. The SMILES string of the molecule is CCCC(C)(C)n1c(C(C)Cl)nc2c(C)cccc21. The molecule has 1 atom stereocenters. The summed E-state index contributed by atoms with van der Waals surface area (Å²) < 4.78 is 2.33. The lowest BCUT2D eigenvalue weighted by Crippen LogP contribution is -2.28. The highest BCUT2D eigenvalue weighted by Gasteiger charge is 2.27. The predicted octanol–water partition coefficient (Wildman–Crippen LogP) is 5.18. The summed E-state index contributed by atoms with van der Waals surface area (Å²) in [5.74, 6) is 0.976. The van der Waals surface area contributed by atoms with Crippen LogP contribution in [0.1, 0.15) is 57.3 Å². The van der Waals surface area contributed by atoms with E-state index in [1.54, 1.807) is 0 Å². The summed E-state index contributed by atoms with van der Waals surface area (Å²) in [7, 11) is 0. The molecule has 2 rings (SSSR count). The molecule has 0 N–H and O–H groups in total. The second-order valence-electron chi connectivity index (χ2n) is 5.93. The van der Waals surface area contributed by atoms with E-state index < -0.39 is 0 Å². The molecule has 2 nitrogen and oxygen atoms in total. The highest BCUT2D eigenvalue weighted by Crippen LogP contribution is 2.34. The van der Waals surface area contributed by atoms with Crippen LogP contribution in [0.15, 0.2) is 18.2 Å². The van der Waals surface area contributed by atoms with Gasteiger partial charge < -0.3 is 4.57 Å². The number of rotatable bonds is 4. The van der Waals surface area contributed by atoms with Gasteiger partial charge in [0.05, 0.1) is 16.4 Å². The van der Waals surface area contributed by atoms with Gasteiger partial charge in [0.2, 0.25) is 0 Å². The standard InChI is InChI=1S/C16H23ClN2/c1-6-10-16(4,5)19-13-9-7-8-11(2)14(13)18-15(19)12(3)17/h7-9,12H,6,10H2,1-5H3. The van der Waals surface area contributed by atoms with Crippen LogP contribution < -0.4 is 0 Å². The van der Waals surface area contributed by atoms with Crippen molar-refractivity contribution in [2.75, 3.05) is 0 Å². The molecule has 0 saturated heterocycles. The van der Waals surface area contributed by atoms with Crippen LogP contribution in [0, 0.1) is 6.92 Å². The molecule has 0 fully saturated rings. The van der Waals surface area contributed by atoms with Crippen molar-refractivity contribution in [1.82, 2.24) is 9.55 Å². The van der Waals surface area contributed by atoms with E-state index in [0.29, 0.717) is 0 Å². The van der Waals surface area contributed by atoms with Crippen LogP contribution in [0.25, 0.3) is 11.0 Å². The molecular weight excluding hydrogens is 256 g/mol. The number of para-hydroxylation sites is 1. The van der Waals surface area contributed by atoms with Gasteiger partial charge in [-0.15, -0.1) is 11.6 Å². The van der Waals surface area contributed by atoms with E-state index in [2.05, 4.69) is 50.5 Å². The Balaban J connectivity index is 2.76. The van der Waals surface area contributed by atoms with E-state index in [1.807, 2.05) is 6.92 Å². The van der Waals surface area contributed by atoms with Crippen molar-refractivity contribution in [3.05, 3.63) is 29.6 Å². The van der Waals surface area contributed by atoms with Gasteiger partial charge >= 0.3 is 0 Å². The normalized spacial score (nSPS) is 14.0. The number of benzene rings is 1. The Hall–Kier alpha value is -1.02. The van der Waals surface area contributed by atoms with Gasteiger partial charge in [0.1, 0.15) is 5.82 Å². The Kier molecular flexibility index (Phi) is 3.91. The van der Waals surface area contributed by atoms with E-state index in [0.717, 1.165) is 24.2 Å². The predicted molar refractivity (Wildman–Crippen MR) is 83.0 cm³/mol. The number of alkyl halides is 1. The summed E-state index contributed by atoms with van der Waals surface area (Å²) in [4.78, 5) is 4.79. The Morgan fingerprint density at radius 1 is 1.37 bits per heavy atom.